The van der Waals surface area contributed by atoms with Crippen molar-refractivity contribution in [3.8, 4) is 0 Å². The van der Waals surface area contributed by atoms with E-state index in [-0.39, 0.29) is 5.92 Å². The summed E-state index contributed by atoms with van der Waals surface area (Å²) in [6, 6.07) is 0. The van der Waals surface area contributed by atoms with Gasteiger partial charge in [0.2, 0.25) is 0 Å². The summed E-state index contributed by atoms with van der Waals surface area (Å²) in [5.74, 6) is 0.409. The highest BCUT2D eigenvalue weighted by molar-refractivity contribution is 5.71. The van der Waals surface area contributed by atoms with Crippen LogP contribution in [0.1, 0.15) is 25.7 Å². The van der Waals surface area contributed by atoms with Crippen LogP contribution in [0.15, 0.2) is 0 Å². The largest absolute Gasteiger partial charge is 0.481 e. The molecule has 74 valence electrons. The molecule has 3 atom stereocenters. The third-order valence-corrected chi connectivity index (χ3v) is 3.39. The molecule has 1 saturated carbocycles. The third-order valence-electron chi connectivity index (χ3n) is 3.39. The topological polar surface area (TPSA) is 46.5 Å². The van der Waals surface area contributed by atoms with Crippen LogP contribution in [-0.4, -0.2) is 24.3 Å². The summed E-state index contributed by atoms with van der Waals surface area (Å²) in [5, 5.41) is 8.85. The molecule has 13 heavy (non-hydrogen) atoms. The van der Waals surface area contributed by atoms with Crippen molar-refractivity contribution in [3.05, 3.63) is 0 Å². The first-order chi connectivity index (χ1) is 6.27. The summed E-state index contributed by atoms with van der Waals surface area (Å²) < 4.78 is 5.27. The van der Waals surface area contributed by atoms with Gasteiger partial charge in [-0.25, -0.2) is 0 Å². The summed E-state index contributed by atoms with van der Waals surface area (Å²) in [5.41, 5.74) is 0. The van der Waals surface area contributed by atoms with Crippen molar-refractivity contribution in [3.63, 3.8) is 0 Å². The van der Waals surface area contributed by atoms with Crippen molar-refractivity contribution in [2.45, 2.75) is 25.7 Å². The first-order valence-corrected chi connectivity index (χ1v) is 5.08. The molecule has 3 unspecified atom stereocenters. The van der Waals surface area contributed by atoms with Crippen LogP contribution >= 0.6 is 0 Å². The van der Waals surface area contributed by atoms with Gasteiger partial charge >= 0.3 is 5.97 Å². The van der Waals surface area contributed by atoms with E-state index in [1.54, 1.807) is 0 Å². The van der Waals surface area contributed by atoms with Crippen LogP contribution in [0.2, 0.25) is 0 Å². The number of carboxylic acids is 1. The Labute approximate surface area is 78.1 Å². The Hall–Kier alpha value is -0.570. The molecule has 3 heteroatoms. The lowest BCUT2D eigenvalue weighted by Crippen LogP contribution is -2.34. The Bertz CT molecular complexity index is 196. The second kappa shape index (κ2) is 3.66. The van der Waals surface area contributed by atoms with Gasteiger partial charge in [0.05, 0.1) is 5.92 Å². The van der Waals surface area contributed by atoms with Gasteiger partial charge in [-0.1, -0.05) is 0 Å². The van der Waals surface area contributed by atoms with Crippen LogP contribution in [0.5, 0.6) is 0 Å². The molecule has 2 fully saturated rings. The zero-order valence-corrected chi connectivity index (χ0v) is 7.74. The molecule has 0 aromatic rings. The van der Waals surface area contributed by atoms with Gasteiger partial charge in [-0.05, 0) is 37.5 Å². The summed E-state index contributed by atoms with van der Waals surface area (Å²) in [6.07, 6.45) is 4.18. The fourth-order valence-electron chi connectivity index (χ4n) is 2.37. The zero-order valence-electron chi connectivity index (χ0n) is 7.74. The zero-order chi connectivity index (χ0) is 9.26. The van der Waals surface area contributed by atoms with Crippen molar-refractivity contribution in [1.82, 2.24) is 0 Å². The molecule has 0 spiro atoms. The van der Waals surface area contributed by atoms with Crippen LogP contribution in [-0.2, 0) is 9.53 Å². The van der Waals surface area contributed by atoms with E-state index in [1.165, 1.54) is 0 Å². The van der Waals surface area contributed by atoms with E-state index in [9.17, 15) is 4.79 Å². The van der Waals surface area contributed by atoms with Gasteiger partial charge in [0.1, 0.15) is 0 Å². The van der Waals surface area contributed by atoms with E-state index in [0.717, 1.165) is 38.9 Å². The summed E-state index contributed by atoms with van der Waals surface area (Å²) in [7, 11) is 0. The average molecular weight is 184 g/mol. The monoisotopic (exact) mass is 184 g/mol. The van der Waals surface area contributed by atoms with Crippen molar-refractivity contribution in [2.24, 2.45) is 17.8 Å². The number of carboxylic acid groups (broad SMARTS) is 1. The minimum absolute atomic E-state index is 0.0550. The molecule has 0 radical (unpaired) electrons. The maximum atomic E-state index is 10.7. The lowest BCUT2D eigenvalue weighted by molar-refractivity contribution is -0.148. The number of hydrogen-bond donors (Lipinski definition) is 1. The van der Waals surface area contributed by atoms with Crippen molar-refractivity contribution in [1.29, 1.82) is 0 Å². The molecule has 0 aromatic carbocycles. The van der Waals surface area contributed by atoms with Crippen molar-refractivity contribution in [2.75, 3.05) is 13.2 Å². The number of rotatable bonds is 3. The molecule has 0 aromatic heterocycles. The number of hydrogen-bond acceptors (Lipinski definition) is 2. The van der Waals surface area contributed by atoms with Crippen LogP contribution < -0.4 is 0 Å². The van der Waals surface area contributed by atoms with Crippen LogP contribution in [0, 0.1) is 17.8 Å². The van der Waals surface area contributed by atoms with Gasteiger partial charge in [0.15, 0.2) is 0 Å². The van der Waals surface area contributed by atoms with Crippen LogP contribution in [0.25, 0.3) is 0 Å². The number of ether oxygens (including phenoxy) is 1. The standard InChI is InChI=1S/C10H16O3/c11-10(12)9-2-1-8(9)5-7-3-4-13-6-7/h7-9H,1-6H2,(H,11,12). The lowest BCUT2D eigenvalue weighted by Gasteiger charge is -2.34. The van der Waals surface area contributed by atoms with Gasteiger partial charge in [-0.2, -0.15) is 0 Å². The maximum absolute atomic E-state index is 10.7. The first kappa shape index (κ1) is 9.00. The Balaban J connectivity index is 1.78. The minimum Gasteiger partial charge on any atom is -0.481 e. The number of aliphatic carboxylic acids is 1. The highest BCUT2D eigenvalue weighted by atomic mass is 16.5. The minimum atomic E-state index is -0.602. The Morgan fingerprint density at radius 3 is 2.69 bits per heavy atom. The van der Waals surface area contributed by atoms with Gasteiger partial charge in [-0.3, -0.25) is 4.79 Å². The second-order valence-corrected chi connectivity index (χ2v) is 4.25. The Morgan fingerprint density at radius 2 is 2.23 bits per heavy atom. The highest BCUT2D eigenvalue weighted by Gasteiger charge is 2.38. The molecule has 1 saturated heterocycles. The van der Waals surface area contributed by atoms with Crippen LogP contribution in [0.4, 0.5) is 0 Å². The van der Waals surface area contributed by atoms with E-state index < -0.39 is 5.97 Å². The van der Waals surface area contributed by atoms with Gasteiger partial charge in [0.25, 0.3) is 0 Å². The van der Waals surface area contributed by atoms with Gasteiger partial charge in [0, 0.05) is 13.2 Å². The number of carbonyl (C=O) groups is 1. The normalized spacial score (nSPS) is 38.6. The molecule has 0 amide bonds. The maximum Gasteiger partial charge on any atom is 0.306 e. The quantitative estimate of drug-likeness (QED) is 0.723. The molecule has 2 aliphatic rings. The van der Waals surface area contributed by atoms with E-state index in [2.05, 4.69) is 0 Å². The van der Waals surface area contributed by atoms with E-state index in [0.29, 0.717) is 11.8 Å². The molecule has 1 aliphatic heterocycles. The summed E-state index contributed by atoms with van der Waals surface area (Å²) >= 11 is 0. The molecular weight excluding hydrogens is 168 g/mol. The Morgan fingerprint density at radius 1 is 1.38 bits per heavy atom. The molecule has 1 N–H and O–H groups in total. The second-order valence-electron chi connectivity index (χ2n) is 4.25. The van der Waals surface area contributed by atoms with E-state index in [4.69, 9.17) is 9.84 Å². The fraction of sp³-hybridized carbons (Fsp3) is 0.900. The SMILES string of the molecule is O=C(O)C1CCC1CC1CCOC1. The fourth-order valence-corrected chi connectivity index (χ4v) is 2.37. The smallest absolute Gasteiger partial charge is 0.306 e. The molecule has 0 bridgehead atoms. The molecule has 1 aliphatic carbocycles. The predicted molar refractivity (Wildman–Crippen MR) is 47.4 cm³/mol. The molecular formula is C10H16O3. The first-order valence-electron chi connectivity index (χ1n) is 5.08. The van der Waals surface area contributed by atoms with Crippen LogP contribution in [0.3, 0.4) is 0 Å². The van der Waals surface area contributed by atoms with E-state index in [1.807, 2.05) is 0 Å². The van der Waals surface area contributed by atoms with Gasteiger partial charge < -0.3 is 9.84 Å². The highest BCUT2D eigenvalue weighted by Crippen LogP contribution is 2.40. The lowest BCUT2D eigenvalue weighted by atomic mass is 9.69. The van der Waals surface area contributed by atoms with E-state index >= 15 is 0 Å². The summed E-state index contributed by atoms with van der Waals surface area (Å²) in [6.45, 7) is 1.72. The van der Waals surface area contributed by atoms with Crippen molar-refractivity contribution >= 4 is 5.97 Å². The summed E-state index contributed by atoms with van der Waals surface area (Å²) in [4.78, 5) is 10.7. The molecule has 2 rings (SSSR count). The average Bonchev–Trinajstić information content (AvgIpc) is 2.48. The van der Waals surface area contributed by atoms with Crippen molar-refractivity contribution < 1.29 is 14.6 Å². The third kappa shape index (κ3) is 1.85. The molecule has 1 heterocycles. The van der Waals surface area contributed by atoms with Gasteiger partial charge in [-0.15, -0.1) is 0 Å². The predicted octanol–water partition coefficient (Wildman–Crippen LogP) is 1.52. The molecule has 3 nitrogen and oxygen atoms in total. The Kier molecular flexibility index (Phi) is 2.54.